The molecule has 9 nitrogen and oxygen atoms in total. The molecule has 0 amide bonds. The molecular formula is C17H30N6O3S2. The highest BCUT2D eigenvalue weighted by atomic mass is 32.2. The number of morpholine rings is 1. The first-order valence-corrected chi connectivity index (χ1v) is 11.4. The Bertz CT molecular complexity index is 847. The van der Waals surface area contributed by atoms with Crippen LogP contribution in [0.15, 0.2) is 12.7 Å². The molecule has 2 saturated heterocycles. The minimum absolute atomic E-state index is 0.0874. The van der Waals surface area contributed by atoms with Crippen LogP contribution in [0, 0.1) is 11.7 Å². The molecule has 0 saturated carbocycles. The van der Waals surface area contributed by atoms with Gasteiger partial charge in [0.2, 0.25) is 0 Å². The molecule has 1 aromatic rings. The first-order chi connectivity index (χ1) is 13.2. The molecule has 0 N–H and O–H groups in total. The van der Waals surface area contributed by atoms with Crippen molar-refractivity contribution in [3.05, 3.63) is 23.3 Å². The number of hydrogen-bond acceptors (Lipinski definition) is 6. The van der Waals surface area contributed by atoms with E-state index in [-0.39, 0.29) is 12.2 Å². The van der Waals surface area contributed by atoms with Crippen molar-refractivity contribution in [2.24, 2.45) is 0 Å². The van der Waals surface area contributed by atoms with Crippen molar-refractivity contribution >= 4 is 22.4 Å². The zero-order chi connectivity index (χ0) is 20.5. The number of nitrogens with zero attached hydrogens (tertiary/aromatic N) is 6. The second kappa shape index (κ2) is 8.72. The second-order valence-electron chi connectivity index (χ2n) is 7.47. The van der Waals surface area contributed by atoms with E-state index in [0.29, 0.717) is 57.3 Å². The first-order valence-electron chi connectivity index (χ1n) is 9.60. The lowest BCUT2D eigenvalue weighted by molar-refractivity contribution is -0.0458. The summed E-state index contributed by atoms with van der Waals surface area (Å²) in [5.74, 6) is 0.849. The van der Waals surface area contributed by atoms with Crippen molar-refractivity contribution in [3.63, 3.8) is 0 Å². The van der Waals surface area contributed by atoms with Crippen molar-refractivity contribution in [2.75, 3.05) is 39.3 Å². The predicted molar refractivity (Wildman–Crippen MR) is 110 cm³/mol. The van der Waals surface area contributed by atoms with Gasteiger partial charge in [-0.1, -0.05) is 6.08 Å². The van der Waals surface area contributed by atoms with Crippen LogP contribution in [0.4, 0.5) is 0 Å². The number of piperazine rings is 1. The number of aryl methyl sites for hydroxylation is 1. The Labute approximate surface area is 172 Å². The molecule has 3 rings (SSSR count). The molecule has 158 valence electrons. The fourth-order valence-electron chi connectivity index (χ4n) is 3.75. The van der Waals surface area contributed by atoms with Gasteiger partial charge >= 0.3 is 0 Å². The lowest BCUT2D eigenvalue weighted by atomic mass is 10.3. The summed E-state index contributed by atoms with van der Waals surface area (Å²) in [7, 11) is -3.46. The van der Waals surface area contributed by atoms with Crippen LogP contribution < -0.4 is 0 Å². The number of hydrogen-bond donors (Lipinski definition) is 0. The SMILES string of the molecule is C=CCn1c(C)nn(CN2CCN(S(=O)(=O)N3CC(C)OC(C)C3)CC2)c1=S. The van der Waals surface area contributed by atoms with Gasteiger partial charge in [0.05, 0.1) is 18.9 Å². The Kier molecular flexibility index (Phi) is 6.72. The quantitative estimate of drug-likeness (QED) is 0.492. The molecule has 3 heterocycles. The normalized spacial score (nSPS) is 25.8. The molecule has 2 fully saturated rings. The molecule has 0 spiro atoms. The van der Waals surface area contributed by atoms with E-state index < -0.39 is 10.2 Å². The monoisotopic (exact) mass is 430 g/mol. The molecular weight excluding hydrogens is 400 g/mol. The van der Waals surface area contributed by atoms with Crippen LogP contribution >= 0.6 is 12.2 Å². The summed E-state index contributed by atoms with van der Waals surface area (Å²) < 4.78 is 39.2. The van der Waals surface area contributed by atoms with Crippen molar-refractivity contribution in [2.45, 2.75) is 46.2 Å². The third-order valence-electron chi connectivity index (χ3n) is 5.12. The van der Waals surface area contributed by atoms with Crippen molar-refractivity contribution in [1.29, 1.82) is 0 Å². The summed E-state index contributed by atoms with van der Waals surface area (Å²) in [4.78, 5) is 2.18. The summed E-state index contributed by atoms with van der Waals surface area (Å²) in [5.41, 5.74) is 0. The van der Waals surface area contributed by atoms with E-state index >= 15 is 0 Å². The van der Waals surface area contributed by atoms with Crippen LogP contribution in [0.25, 0.3) is 0 Å². The van der Waals surface area contributed by atoms with Crippen LogP contribution in [-0.2, 0) is 28.2 Å². The van der Waals surface area contributed by atoms with Crippen molar-refractivity contribution < 1.29 is 13.2 Å². The third-order valence-corrected chi connectivity index (χ3v) is 7.52. The van der Waals surface area contributed by atoms with Gasteiger partial charge in [-0.15, -0.1) is 6.58 Å². The zero-order valence-electron chi connectivity index (χ0n) is 16.8. The largest absolute Gasteiger partial charge is 0.373 e. The summed E-state index contributed by atoms with van der Waals surface area (Å²) in [6, 6.07) is 0. The maximum atomic E-state index is 13.0. The Morgan fingerprint density at radius 2 is 1.79 bits per heavy atom. The van der Waals surface area contributed by atoms with E-state index in [0.717, 1.165) is 5.82 Å². The fourth-order valence-corrected chi connectivity index (χ4v) is 5.81. The first kappa shape index (κ1) is 21.6. The van der Waals surface area contributed by atoms with E-state index in [1.807, 2.05) is 25.3 Å². The maximum absolute atomic E-state index is 13.0. The van der Waals surface area contributed by atoms with Crippen molar-refractivity contribution in [3.8, 4) is 0 Å². The molecule has 1 aromatic heterocycles. The standard InChI is InChI=1S/C17H30N6O3S2/c1-5-6-22-16(4)18-23(17(22)27)13-19-7-9-20(10-8-19)28(24,25)21-11-14(2)26-15(3)12-21/h5,14-15H,1,6-13H2,2-4H3. The minimum atomic E-state index is -3.46. The summed E-state index contributed by atoms with van der Waals surface area (Å²) in [6.07, 6.45) is 1.62. The third kappa shape index (κ3) is 4.55. The van der Waals surface area contributed by atoms with E-state index in [4.69, 9.17) is 17.0 Å². The van der Waals surface area contributed by atoms with Crippen LogP contribution in [0.1, 0.15) is 19.7 Å². The number of aromatic nitrogens is 3. The Balaban J connectivity index is 1.61. The highest BCUT2D eigenvalue weighted by Crippen LogP contribution is 2.19. The molecule has 2 unspecified atom stereocenters. The lowest BCUT2D eigenvalue weighted by Gasteiger charge is -2.40. The highest BCUT2D eigenvalue weighted by Gasteiger charge is 2.36. The van der Waals surface area contributed by atoms with Crippen LogP contribution in [0.5, 0.6) is 0 Å². The number of allylic oxidation sites excluding steroid dienone is 1. The van der Waals surface area contributed by atoms with E-state index in [1.54, 1.807) is 19.4 Å². The van der Waals surface area contributed by atoms with Crippen LogP contribution in [0.2, 0.25) is 0 Å². The molecule has 2 atom stereocenters. The van der Waals surface area contributed by atoms with Gasteiger partial charge in [-0.2, -0.15) is 22.1 Å². The predicted octanol–water partition coefficient (Wildman–Crippen LogP) is 0.838. The van der Waals surface area contributed by atoms with Gasteiger partial charge in [0.1, 0.15) is 5.82 Å². The van der Waals surface area contributed by atoms with Gasteiger partial charge in [0.25, 0.3) is 10.2 Å². The molecule has 0 aliphatic carbocycles. The molecule has 0 aromatic carbocycles. The Morgan fingerprint density at radius 1 is 1.18 bits per heavy atom. The number of ether oxygens (including phenoxy) is 1. The van der Waals surface area contributed by atoms with Crippen LogP contribution in [0.3, 0.4) is 0 Å². The molecule has 0 bridgehead atoms. The van der Waals surface area contributed by atoms with E-state index in [2.05, 4.69) is 16.6 Å². The van der Waals surface area contributed by atoms with Crippen LogP contribution in [-0.4, -0.2) is 87.8 Å². The highest BCUT2D eigenvalue weighted by molar-refractivity contribution is 7.86. The molecule has 28 heavy (non-hydrogen) atoms. The van der Waals surface area contributed by atoms with Crippen molar-refractivity contribution in [1.82, 2.24) is 27.9 Å². The summed E-state index contributed by atoms with van der Waals surface area (Å²) in [6.45, 7) is 13.7. The van der Waals surface area contributed by atoms with E-state index in [9.17, 15) is 8.42 Å². The van der Waals surface area contributed by atoms with Gasteiger partial charge in [-0.3, -0.25) is 4.90 Å². The van der Waals surface area contributed by atoms with Gasteiger partial charge in [-0.05, 0) is 33.0 Å². The van der Waals surface area contributed by atoms with E-state index in [1.165, 1.54) is 0 Å². The van der Waals surface area contributed by atoms with Gasteiger partial charge in [0.15, 0.2) is 4.77 Å². The zero-order valence-corrected chi connectivity index (χ0v) is 18.5. The van der Waals surface area contributed by atoms with Gasteiger partial charge in [-0.25, -0.2) is 4.68 Å². The second-order valence-corrected chi connectivity index (χ2v) is 9.76. The molecule has 2 aliphatic heterocycles. The number of rotatable bonds is 6. The Morgan fingerprint density at radius 3 is 2.36 bits per heavy atom. The van der Waals surface area contributed by atoms with Gasteiger partial charge in [0, 0.05) is 45.8 Å². The topological polar surface area (TPSA) is 75.8 Å². The minimum Gasteiger partial charge on any atom is -0.373 e. The Hall–Kier alpha value is -1.11. The smallest absolute Gasteiger partial charge is 0.282 e. The molecule has 2 aliphatic rings. The summed E-state index contributed by atoms with van der Waals surface area (Å²) in [5, 5.41) is 4.51. The maximum Gasteiger partial charge on any atom is 0.282 e. The molecule has 11 heteroatoms. The van der Waals surface area contributed by atoms with Gasteiger partial charge < -0.3 is 9.30 Å². The lowest BCUT2D eigenvalue weighted by Crippen LogP contribution is -2.57. The fraction of sp³-hybridized carbons (Fsp3) is 0.765. The molecule has 0 radical (unpaired) electrons. The average Bonchev–Trinajstić information content (AvgIpc) is 2.89. The summed E-state index contributed by atoms with van der Waals surface area (Å²) >= 11 is 5.50. The average molecular weight is 431 g/mol.